The first-order valence-electron chi connectivity index (χ1n) is 5.90. The zero-order chi connectivity index (χ0) is 14.4. The van der Waals surface area contributed by atoms with Crippen LogP contribution in [0.25, 0.3) is 0 Å². The lowest BCUT2D eigenvalue weighted by Gasteiger charge is -2.28. The average Bonchev–Trinajstić information content (AvgIpc) is 2.22. The van der Waals surface area contributed by atoms with Gasteiger partial charge >= 0.3 is 0 Å². The molecule has 0 aliphatic heterocycles. The summed E-state index contributed by atoms with van der Waals surface area (Å²) in [5, 5.41) is 5.47. The van der Waals surface area contributed by atoms with Crippen LogP contribution < -0.4 is 10.6 Å². The van der Waals surface area contributed by atoms with E-state index in [0.717, 1.165) is 0 Å². The second-order valence-electron chi connectivity index (χ2n) is 5.51. The molecule has 0 aliphatic rings. The van der Waals surface area contributed by atoms with Crippen LogP contribution in [0.3, 0.4) is 0 Å². The fourth-order valence-corrected chi connectivity index (χ4v) is 4.23. The summed E-state index contributed by atoms with van der Waals surface area (Å²) in [7, 11) is -4.13. The highest BCUT2D eigenvalue weighted by molar-refractivity contribution is 6.74. The maximum absolute atomic E-state index is 10.8. The highest BCUT2D eigenvalue weighted by Crippen LogP contribution is 2.10. The minimum atomic E-state index is -2.06. The summed E-state index contributed by atoms with van der Waals surface area (Å²) < 4.78 is 11.0. The quantitative estimate of drug-likeness (QED) is 0.411. The van der Waals surface area contributed by atoms with Gasteiger partial charge in [0, 0.05) is 26.2 Å². The first-order valence-corrected chi connectivity index (χ1v) is 12.1. The number of hydrogen-bond donors (Lipinski definition) is 2. The molecule has 0 aromatic carbocycles. The van der Waals surface area contributed by atoms with E-state index in [-0.39, 0.29) is 11.8 Å². The van der Waals surface area contributed by atoms with Gasteiger partial charge in [-0.05, 0) is 26.2 Å². The van der Waals surface area contributed by atoms with E-state index in [4.69, 9.17) is 9.15 Å². The number of amides is 2. The van der Waals surface area contributed by atoms with Crippen molar-refractivity contribution >= 4 is 28.4 Å². The molecule has 0 aromatic rings. The van der Waals surface area contributed by atoms with E-state index in [2.05, 4.69) is 10.6 Å². The van der Waals surface area contributed by atoms with Crippen LogP contribution in [0.5, 0.6) is 0 Å². The van der Waals surface area contributed by atoms with Gasteiger partial charge in [0.1, 0.15) is 0 Å². The van der Waals surface area contributed by atoms with Gasteiger partial charge in [0.15, 0.2) is 0 Å². The Morgan fingerprint density at radius 1 is 0.833 bits per heavy atom. The van der Waals surface area contributed by atoms with Crippen molar-refractivity contribution in [2.24, 2.45) is 0 Å². The summed E-state index contributed by atoms with van der Waals surface area (Å²) in [4.78, 5) is 21.7. The molecule has 0 atom stereocenters. The number of nitrogens with one attached hydrogen (secondary N) is 2. The van der Waals surface area contributed by atoms with Crippen LogP contribution >= 0.6 is 0 Å². The van der Waals surface area contributed by atoms with Gasteiger partial charge in [-0.15, -0.1) is 0 Å². The maximum Gasteiger partial charge on any atom is 0.250 e. The molecule has 0 saturated carbocycles. The highest BCUT2D eigenvalue weighted by Gasteiger charge is 2.31. The molecule has 0 fully saturated rings. The zero-order valence-corrected chi connectivity index (χ0v) is 14.0. The van der Waals surface area contributed by atoms with Gasteiger partial charge in [-0.3, -0.25) is 18.7 Å². The predicted octanol–water partition coefficient (Wildman–Crippen LogP) is 0.695. The lowest BCUT2D eigenvalue weighted by Crippen LogP contribution is -2.50. The van der Waals surface area contributed by atoms with E-state index >= 15 is 0 Å². The molecule has 0 aliphatic carbocycles. The number of hydrogen-bond acceptors (Lipinski definition) is 4. The molecule has 2 amide bonds. The lowest BCUT2D eigenvalue weighted by molar-refractivity contribution is -0.129. The highest BCUT2D eigenvalue weighted by atomic mass is 28.4. The normalized spacial score (nSPS) is 12.1. The van der Waals surface area contributed by atoms with E-state index in [1.165, 1.54) is 13.8 Å². The third-order valence-electron chi connectivity index (χ3n) is 2.02. The molecule has 6 nitrogen and oxygen atoms in total. The number of carbonyl (C=O) groups excluding carboxylic acids is 2. The lowest BCUT2D eigenvalue weighted by atomic mass is 10.7. The van der Waals surface area contributed by atoms with Crippen LogP contribution in [0.2, 0.25) is 26.2 Å². The fraction of sp³-hybridized carbons (Fsp3) is 0.800. The Labute approximate surface area is 111 Å². The molecule has 0 heterocycles. The van der Waals surface area contributed by atoms with Crippen molar-refractivity contribution in [1.82, 2.24) is 10.6 Å². The Balaban J connectivity index is 4.11. The van der Waals surface area contributed by atoms with E-state index in [9.17, 15) is 9.59 Å². The molecule has 0 radical (unpaired) electrons. The Hall–Kier alpha value is -0.706. The summed E-state index contributed by atoms with van der Waals surface area (Å²) in [5.41, 5.74) is 0. The molecule has 106 valence electrons. The van der Waals surface area contributed by atoms with E-state index < -0.39 is 16.6 Å². The second kappa shape index (κ2) is 7.02. The molecule has 0 bridgehead atoms. The Kier molecular flexibility index (Phi) is 6.75. The van der Waals surface area contributed by atoms with Gasteiger partial charge in [0.2, 0.25) is 28.4 Å². The monoisotopic (exact) mass is 292 g/mol. The second-order valence-corrected chi connectivity index (χ2v) is 13.6. The molecule has 0 saturated heterocycles. The van der Waals surface area contributed by atoms with Gasteiger partial charge in [-0.2, -0.15) is 0 Å². The molecule has 0 aromatic heterocycles. The Morgan fingerprint density at radius 2 is 1.11 bits per heavy atom. The summed E-state index contributed by atoms with van der Waals surface area (Å²) in [6.45, 7) is 10.8. The minimum Gasteiger partial charge on any atom is -0.357 e. The van der Waals surface area contributed by atoms with Crippen molar-refractivity contribution in [2.75, 3.05) is 12.3 Å². The van der Waals surface area contributed by atoms with Crippen LogP contribution in [0.15, 0.2) is 0 Å². The van der Waals surface area contributed by atoms with Crippen molar-refractivity contribution < 1.29 is 18.7 Å². The van der Waals surface area contributed by atoms with Crippen molar-refractivity contribution in [3.8, 4) is 0 Å². The molecular weight excluding hydrogens is 268 g/mol. The maximum atomic E-state index is 10.8. The molecular formula is C10H24N2O4Si2. The van der Waals surface area contributed by atoms with Crippen molar-refractivity contribution in [3.05, 3.63) is 0 Å². The molecule has 0 spiro atoms. The van der Waals surface area contributed by atoms with Crippen molar-refractivity contribution in [2.45, 2.75) is 40.0 Å². The predicted molar refractivity (Wildman–Crippen MR) is 74.5 cm³/mol. The van der Waals surface area contributed by atoms with Gasteiger partial charge in [-0.1, -0.05) is 0 Å². The van der Waals surface area contributed by atoms with Gasteiger partial charge in [0.25, 0.3) is 0 Å². The number of carbonyl (C=O) groups is 2. The van der Waals surface area contributed by atoms with Crippen LogP contribution in [0.4, 0.5) is 0 Å². The SMILES string of the molecule is CC(=O)NC[Si](C)(C)OO[Si](C)(C)CNC(C)=O. The zero-order valence-electron chi connectivity index (χ0n) is 12.0. The molecule has 18 heavy (non-hydrogen) atoms. The van der Waals surface area contributed by atoms with Crippen LogP contribution in [0.1, 0.15) is 13.8 Å². The number of rotatable bonds is 7. The largest absolute Gasteiger partial charge is 0.357 e. The standard InChI is InChI=1S/C10H24N2O4Si2/c1-9(13)11-7-17(3,4)15-16-18(5,6)8-12-10(2)14/h7-8H2,1-6H3,(H,11,13)(H,12,14). The smallest absolute Gasteiger partial charge is 0.250 e. The summed E-state index contributed by atoms with van der Waals surface area (Å²) in [6, 6.07) is 0. The van der Waals surface area contributed by atoms with Crippen molar-refractivity contribution in [3.63, 3.8) is 0 Å². The van der Waals surface area contributed by atoms with Crippen LogP contribution in [0, 0.1) is 0 Å². The van der Waals surface area contributed by atoms with Crippen molar-refractivity contribution in [1.29, 1.82) is 0 Å². The van der Waals surface area contributed by atoms with E-state index in [1.807, 2.05) is 26.2 Å². The van der Waals surface area contributed by atoms with E-state index in [0.29, 0.717) is 12.3 Å². The summed E-state index contributed by atoms with van der Waals surface area (Å²) >= 11 is 0. The summed E-state index contributed by atoms with van der Waals surface area (Å²) in [5.74, 6) is -0.150. The molecule has 0 unspecified atom stereocenters. The van der Waals surface area contributed by atoms with Gasteiger partial charge < -0.3 is 10.6 Å². The first-order chi connectivity index (χ1) is 8.04. The van der Waals surface area contributed by atoms with Gasteiger partial charge in [-0.25, -0.2) is 0 Å². The topological polar surface area (TPSA) is 76.7 Å². The Bertz CT molecular complexity index is 278. The minimum absolute atomic E-state index is 0.0751. The molecule has 8 heteroatoms. The first kappa shape index (κ1) is 17.3. The fourth-order valence-electron chi connectivity index (χ4n) is 0.959. The molecule has 2 N–H and O–H groups in total. The van der Waals surface area contributed by atoms with Gasteiger partial charge in [0.05, 0.1) is 0 Å². The third kappa shape index (κ3) is 9.34. The molecule has 0 rings (SSSR count). The van der Waals surface area contributed by atoms with Crippen LogP contribution in [-0.4, -0.2) is 40.8 Å². The summed E-state index contributed by atoms with van der Waals surface area (Å²) in [6.07, 6.45) is 1.01. The van der Waals surface area contributed by atoms with E-state index in [1.54, 1.807) is 0 Å². The Morgan fingerprint density at radius 3 is 1.33 bits per heavy atom. The average molecular weight is 292 g/mol. The third-order valence-corrected chi connectivity index (χ3v) is 5.31. The van der Waals surface area contributed by atoms with Crippen LogP contribution in [-0.2, 0) is 18.7 Å².